The van der Waals surface area contributed by atoms with Crippen molar-refractivity contribution in [2.24, 2.45) is 0 Å². The summed E-state index contributed by atoms with van der Waals surface area (Å²) in [5, 5.41) is 0. The molecule has 0 N–H and O–H groups in total. The molecule has 1 aliphatic heterocycles. The molecular weight excluding hydrogens is 475 g/mol. The summed E-state index contributed by atoms with van der Waals surface area (Å²) in [4.78, 5) is 15.9. The van der Waals surface area contributed by atoms with Crippen molar-refractivity contribution in [3.63, 3.8) is 0 Å². The van der Waals surface area contributed by atoms with E-state index in [-0.39, 0.29) is 23.7 Å². The van der Waals surface area contributed by atoms with Gasteiger partial charge in [-0.2, -0.15) is 17.5 Å². The van der Waals surface area contributed by atoms with Gasteiger partial charge in [0.05, 0.1) is 26.3 Å². The quantitative estimate of drug-likeness (QED) is 0.581. The van der Waals surface area contributed by atoms with Gasteiger partial charge in [0, 0.05) is 45.0 Å². The normalized spacial score (nSPS) is 14.9. The maximum Gasteiger partial charge on any atom is 0.416 e. The minimum atomic E-state index is -4.44. The molecule has 1 fully saturated rings. The first-order valence-corrected chi connectivity index (χ1v) is 11.8. The third-order valence-corrected chi connectivity index (χ3v) is 7.41. The number of likely N-dealkylation sites (N-methyl/N-ethyl adjacent to an activating group) is 1. The Balaban J connectivity index is 1.65. The molecule has 1 saturated heterocycles. The summed E-state index contributed by atoms with van der Waals surface area (Å²) >= 11 is 0. The number of halogens is 3. The molecule has 3 rings (SSSR count). The van der Waals surface area contributed by atoms with Gasteiger partial charge in [-0.3, -0.25) is 4.79 Å². The topological polar surface area (TPSA) is 79.4 Å². The Kier molecular flexibility index (Phi) is 7.61. The number of benzene rings is 2. The summed E-state index contributed by atoms with van der Waals surface area (Å²) in [7, 11) is -0.00971. The fraction of sp³-hybridized carbons (Fsp3) is 0.409. The van der Waals surface area contributed by atoms with Crippen LogP contribution in [0.2, 0.25) is 0 Å². The van der Waals surface area contributed by atoms with Gasteiger partial charge < -0.3 is 19.3 Å². The molecule has 8 nitrogen and oxygen atoms in total. The lowest BCUT2D eigenvalue weighted by Crippen LogP contribution is -2.51. The number of rotatable bonds is 7. The molecule has 0 atom stereocenters. The summed E-state index contributed by atoms with van der Waals surface area (Å²) in [5.74, 6) is 0.0382. The van der Waals surface area contributed by atoms with Crippen LogP contribution in [0.5, 0.6) is 11.5 Å². The number of carbonyl (C=O) groups excluding carboxylic acids is 1. The highest BCUT2D eigenvalue weighted by Crippen LogP contribution is 2.32. The van der Waals surface area contributed by atoms with Crippen molar-refractivity contribution in [1.29, 1.82) is 0 Å². The minimum absolute atomic E-state index is 0.120. The van der Waals surface area contributed by atoms with E-state index >= 15 is 0 Å². The number of hydrogen-bond donors (Lipinski definition) is 0. The number of sulfonamides is 1. The SMILES string of the molecule is COc1ccc(OC)c(S(=O)(=O)N(C)CC(=O)N2CCN(c3cccc(C(F)(F)F)c3)CC2)c1. The number of nitrogens with zero attached hydrogens (tertiary/aromatic N) is 3. The van der Waals surface area contributed by atoms with Crippen molar-refractivity contribution in [2.45, 2.75) is 11.1 Å². The van der Waals surface area contributed by atoms with E-state index in [1.807, 2.05) is 0 Å². The zero-order valence-electron chi connectivity index (χ0n) is 19.0. The van der Waals surface area contributed by atoms with Crippen LogP contribution in [0, 0.1) is 0 Å². The first-order chi connectivity index (χ1) is 16.0. The standard InChI is InChI=1S/C22H26F3N3O5S/c1-26(34(30,31)20-14-18(32-2)7-8-19(20)33-3)15-21(29)28-11-9-27(10-12-28)17-6-4-5-16(13-17)22(23,24)25/h4-8,13-14H,9-12,15H2,1-3H3. The van der Waals surface area contributed by atoms with Gasteiger partial charge in [-0.05, 0) is 30.3 Å². The molecule has 1 aliphatic rings. The lowest BCUT2D eigenvalue weighted by Gasteiger charge is -2.36. The predicted octanol–water partition coefficient (Wildman–Crippen LogP) is 2.69. The zero-order valence-corrected chi connectivity index (χ0v) is 19.8. The monoisotopic (exact) mass is 501 g/mol. The molecule has 0 aromatic heterocycles. The maximum atomic E-state index is 13.1. The second-order valence-corrected chi connectivity index (χ2v) is 9.71. The van der Waals surface area contributed by atoms with Gasteiger partial charge >= 0.3 is 6.18 Å². The molecule has 0 radical (unpaired) electrons. The number of anilines is 1. The number of amides is 1. The van der Waals surface area contributed by atoms with E-state index in [9.17, 15) is 26.4 Å². The van der Waals surface area contributed by atoms with Crippen LogP contribution in [0.4, 0.5) is 18.9 Å². The van der Waals surface area contributed by atoms with E-state index in [2.05, 4.69) is 0 Å². The number of methoxy groups -OCH3 is 2. The fourth-order valence-corrected chi connectivity index (χ4v) is 4.91. The van der Waals surface area contributed by atoms with Crippen LogP contribution in [0.15, 0.2) is 47.4 Å². The van der Waals surface area contributed by atoms with Gasteiger partial charge in [-0.1, -0.05) is 6.07 Å². The van der Waals surface area contributed by atoms with E-state index in [0.29, 0.717) is 24.5 Å². The largest absolute Gasteiger partial charge is 0.497 e. The smallest absolute Gasteiger partial charge is 0.416 e. The Morgan fingerprint density at radius 2 is 1.71 bits per heavy atom. The van der Waals surface area contributed by atoms with Crippen LogP contribution in [0.25, 0.3) is 0 Å². The Morgan fingerprint density at radius 1 is 1.03 bits per heavy atom. The molecule has 0 aliphatic carbocycles. The maximum absolute atomic E-state index is 13.1. The van der Waals surface area contributed by atoms with Gasteiger partial charge in [0.25, 0.3) is 0 Å². The zero-order chi connectivity index (χ0) is 25.1. The second kappa shape index (κ2) is 10.1. The Hall–Kier alpha value is -2.99. The van der Waals surface area contributed by atoms with Crippen LogP contribution < -0.4 is 14.4 Å². The number of ether oxygens (including phenoxy) is 2. The molecule has 0 spiro atoms. The highest BCUT2D eigenvalue weighted by molar-refractivity contribution is 7.89. The van der Waals surface area contributed by atoms with Crippen molar-refractivity contribution in [2.75, 3.05) is 58.9 Å². The van der Waals surface area contributed by atoms with Crippen LogP contribution >= 0.6 is 0 Å². The Bertz CT molecular complexity index is 1130. The second-order valence-electron chi connectivity index (χ2n) is 7.69. The van der Waals surface area contributed by atoms with Crippen LogP contribution in [0.3, 0.4) is 0 Å². The molecule has 0 saturated carbocycles. The number of hydrogen-bond acceptors (Lipinski definition) is 6. The van der Waals surface area contributed by atoms with Crippen molar-refractivity contribution in [3.8, 4) is 11.5 Å². The summed E-state index contributed by atoms with van der Waals surface area (Å²) in [5.41, 5.74) is -0.310. The predicted molar refractivity (Wildman–Crippen MR) is 120 cm³/mol. The van der Waals surface area contributed by atoms with Gasteiger partial charge in [-0.25, -0.2) is 8.42 Å². The fourth-order valence-electron chi connectivity index (χ4n) is 3.62. The molecule has 34 heavy (non-hydrogen) atoms. The average molecular weight is 502 g/mol. The van der Waals surface area contributed by atoms with E-state index in [1.54, 1.807) is 17.0 Å². The third-order valence-electron chi connectivity index (χ3n) is 5.59. The summed E-state index contributed by atoms with van der Waals surface area (Å²) in [6, 6.07) is 9.39. The van der Waals surface area contributed by atoms with Crippen molar-refractivity contribution < 1.29 is 35.9 Å². The average Bonchev–Trinajstić information content (AvgIpc) is 2.83. The minimum Gasteiger partial charge on any atom is -0.497 e. The lowest BCUT2D eigenvalue weighted by atomic mass is 10.1. The van der Waals surface area contributed by atoms with Gasteiger partial charge in [0.2, 0.25) is 15.9 Å². The molecule has 186 valence electrons. The summed E-state index contributed by atoms with van der Waals surface area (Å²) in [6.07, 6.45) is -4.44. The first kappa shape index (κ1) is 25.6. The van der Waals surface area contributed by atoms with Gasteiger partial charge in [-0.15, -0.1) is 0 Å². The van der Waals surface area contributed by atoms with Gasteiger partial charge in [0.15, 0.2) is 0 Å². The van der Waals surface area contributed by atoms with Crippen LogP contribution in [-0.4, -0.2) is 77.5 Å². The van der Waals surface area contributed by atoms with Crippen molar-refractivity contribution >= 4 is 21.6 Å². The van der Waals surface area contributed by atoms with E-state index in [4.69, 9.17) is 9.47 Å². The number of piperazine rings is 1. The van der Waals surface area contributed by atoms with Crippen molar-refractivity contribution in [3.05, 3.63) is 48.0 Å². The van der Waals surface area contributed by atoms with Crippen LogP contribution in [-0.2, 0) is 21.0 Å². The molecular formula is C22H26F3N3O5S. The van der Waals surface area contributed by atoms with Crippen molar-refractivity contribution in [1.82, 2.24) is 9.21 Å². The molecule has 1 heterocycles. The molecule has 2 aromatic rings. The van der Waals surface area contributed by atoms with Gasteiger partial charge in [0.1, 0.15) is 16.4 Å². The molecule has 2 aromatic carbocycles. The molecule has 12 heteroatoms. The van der Waals surface area contributed by atoms with Crippen LogP contribution in [0.1, 0.15) is 5.56 Å². The van der Waals surface area contributed by atoms with E-state index in [1.165, 1.54) is 44.4 Å². The van der Waals surface area contributed by atoms with E-state index in [0.717, 1.165) is 16.4 Å². The first-order valence-electron chi connectivity index (χ1n) is 10.4. The number of carbonyl (C=O) groups is 1. The number of alkyl halides is 3. The third kappa shape index (κ3) is 5.55. The lowest BCUT2D eigenvalue weighted by molar-refractivity contribution is -0.137. The highest BCUT2D eigenvalue weighted by Gasteiger charge is 2.32. The molecule has 0 bridgehead atoms. The molecule has 1 amide bonds. The highest BCUT2D eigenvalue weighted by atomic mass is 32.2. The Labute approximate surface area is 196 Å². The Morgan fingerprint density at radius 3 is 2.29 bits per heavy atom. The molecule has 0 unspecified atom stereocenters. The summed E-state index contributed by atoms with van der Waals surface area (Å²) in [6.45, 7) is 0.767. The van der Waals surface area contributed by atoms with E-state index < -0.39 is 34.2 Å². The summed E-state index contributed by atoms with van der Waals surface area (Å²) < 4.78 is 76.3.